The van der Waals surface area contributed by atoms with E-state index in [1.165, 1.54) is 96.5 Å². The van der Waals surface area contributed by atoms with Crippen LogP contribution in [0.25, 0.3) is 11.1 Å². The van der Waals surface area contributed by atoms with Gasteiger partial charge in [0.2, 0.25) is 60.8 Å². The Morgan fingerprint density at radius 1 is 0.422 bits per heavy atom. The molecule has 7 rings (SSSR count). The second-order valence-corrected chi connectivity index (χ2v) is 21.5. The van der Waals surface area contributed by atoms with Crippen molar-refractivity contribution in [2.45, 2.75) is 207 Å². The van der Waals surface area contributed by atoms with E-state index in [4.69, 9.17) is 14.4 Å². The second-order valence-electron chi connectivity index (χ2n) is 21.5. The summed E-state index contributed by atoms with van der Waals surface area (Å²) in [5.74, 6) is 3.14. The minimum atomic E-state index is 0.0978. The highest BCUT2D eigenvalue weighted by atomic mass is 16.1. The van der Waals surface area contributed by atoms with Gasteiger partial charge in [-0.05, 0) is 186 Å². The van der Waals surface area contributed by atoms with Gasteiger partial charge in [-0.1, -0.05) is 84.3 Å². The maximum atomic E-state index is 10.4. The maximum absolute atomic E-state index is 10.4. The second kappa shape index (κ2) is 48.9. The smallest absolute Gasteiger partial charge is 0.211 e. The summed E-state index contributed by atoms with van der Waals surface area (Å²) in [6, 6.07) is 11.8. The Morgan fingerprint density at radius 2 is 0.747 bits per heavy atom. The van der Waals surface area contributed by atoms with E-state index in [0.717, 1.165) is 105 Å². The van der Waals surface area contributed by atoms with E-state index in [1.807, 2.05) is 38.1 Å². The van der Waals surface area contributed by atoms with Crippen molar-refractivity contribution in [1.29, 1.82) is 0 Å². The van der Waals surface area contributed by atoms with Gasteiger partial charge in [-0.2, -0.15) is 9.98 Å². The highest BCUT2D eigenvalue weighted by molar-refractivity contribution is 5.71. The van der Waals surface area contributed by atoms with Gasteiger partial charge in [-0.15, -0.1) is 0 Å². The normalized spacial score (nSPS) is 20.2. The summed E-state index contributed by atoms with van der Waals surface area (Å²) in [5, 5.41) is 0. The number of rotatable bonds is 12. The minimum absolute atomic E-state index is 0.0978. The average Bonchev–Trinajstić information content (AvgIpc) is 3.54. The number of benzene rings is 2. The van der Waals surface area contributed by atoms with Gasteiger partial charge in [0.15, 0.2) is 0 Å². The molecular weight excluding hydrogens is 1060 g/mol. The maximum Gasteiger partial charge on any atom is 0.240 e. The Hall–Kier alpha value is -7.76. The van der Waals surface area contributed by atoms with Crippen LogP contribution in [0, 0.1) is 42.9 Å². The van der Waals surface area contributed by atoms with Crippen LogP contribution in [0.1, 0.15) is 180 Å². The highest BCUT2D eigenvalue weighted by Gasteiger charge is 2.40. The number of nitrogens with zero attached hydrogens (tertiary/aromatic N) is 10. The van der Waals surface area contributed by atoms with Crippen molar-refractivity contribution in [3.8, 4) is 11.1 Å². The van der Waals surface area contributed by atoms with Crippen molar-refractivity contribution < 1.29 is 47.9 Å². The summed E-state index contributed by atoms with van der Waals surface area (Å²) in [7, 11) is 2.76. The molecule has 0 aromatic heterocycles. The van der Waals surface area contributed by atoms with Gasteiger partial charge in [-0.3, -0.25) is 0 Å². The first-order valence-electron chi connectivity index (χ1n) is 28.8. The third-order valence-electron chi connectivity index (χ3n) is 15.6. The predicted octanol–water partition coefficient (Wildman–Crippen LogP) is 13.4. The first kappa shape index (κ1) is 75.2. The van der Waals surface area contributed by atoms with Crippen molar-refractivity contribution in [2.75, 3.05) is 27.2 Å². The van der Waals surface area contributed by atoms with Gasteiger partial charge in [0.25, 0.3) is 0 Å². The number of hydrogen-bond donors (Lipinski definition) is 0. The molecular formula is C63H86N10O10. The van der Waals surface area contributed by atoms with Crippen LogP contribution in [0.4, 0.5) is 11.4 Å². The highest BCUT2D eigenvalue weighted by Crippen LogP contribution is 2.49. The van der Waals surface area contributed by atoms with Crippen LogP contribution in [0.2, 0.25) is 0 Å². The van der Waals surface area contributed by atoms with Gasteiger partial charge in [0.1, 0.15) is 0 Å². The molecule has 5 fully saturated rings. The lowest BCUT2D eigenvalue weighted by Gasteiger charge is -2.46. The summed E-state index contributed by atoms with van der Waals surface area (Å²) in [4.78, 5) is 133. The number of carbonyl (C=O) groups excluding carboxylic acids is 10. The Balaban J connectivity index is 0.000000995. The predicted molar refractivity (Wildman–Crippen MR) is 319 cm³/mol. The lowest BCUT2D eigenvalue weighted by molar-refractivity contribution is 0.0526. The van der Waals surface area contributed by atoms with Crippen LogP contribution in [0.3, 0.4) is 0 Å². The summed E-state index contributed by atoms with van der Waals surface area (Å²) in [6.45, 7) is 14.0. The summed E-state index contributed by atoms with van der Waals surface area (Å²) in [5.41, 5.74) is 5.38. The van der Waals surface area contributed by atoms with E-state index in [1.54, 1.807) is 61.6 Å². The van der Waals surface area contributed by atoms with Gasteiger partial charge in [-0.25, -0.2) is 87.9 Å². The fraction of sp³-hybridized carbons (Fsp3) is 0.651. The lowest BCUT2D eigenvalue weighted by atomic mass is 9.60. The summed E-state index contributed by atoms with van der Waals surface area (Å²) < 4.78 is 0. The van der Waals surface area contributed by atoms with Crippen molar-refractivity contribution in [3.05, 3.63) is 47.5 Å². The molecule has 0 spiro atoms. The first-order valence-corrected chi connectivity index (χ1v) is 28.8. The van der Waals surface area contributed by atoms with Crippen molar-refractivity contribution in [1.82, 2.24) is 0 Å². The number of isocyanates is 10. The third kappa shape index (κ3) is 34.3. The monoisotopic (exact) mass is 1140 g/mol. The van der Waals surface area contributed by atoms with Crippen LogP contribution < -0.4 is 0 Å². The van der Waals surface area contributed by atoms with Crippen LogP contribution in [-0.4, -0.2) is 112 Å². The molecule has 20 heteroatoms. The van der Waals surface area contributed by atoms with Gasteiger partial charge in [0.05, 0.1) is 42.1 Å². The van der Waals surface area contributed by atoms with E-state index in [2.05, 4.69) is 70.7 Å². The Morgan fingerprint density at radius 3 is 0.988 bits per heavy atom. The van der Waals surface area contributed by atoms with Gasteiger partial charge in [0, 0.05) is 20.6 Å². The third-order valence-corrected chi connectivity index (χ3v) is 15.6. The molecule has 0 heterocycles. The molecule has 0 saturated heterocycles. The topological polar surface area (TPSA) is 294 Å². The molecule has 20 nitrogen and oxygen atoms in total. The molecule has 5 saturated carbocycles. The Labute approximate surface area is 490 Å². The molecule has 2 aromatic carbocycles. The van der Waals surface area contributed by atoms with E-state index in [9.17, 15) is 33.6 Å². The van der Waals surface area contributed by atoms with Crippen LogP contribution in [0.15, 0.2) is 86.3 Å². The first-order chi connectivity index (χ1) is 40.2. The fourth-order valence-corrected chi connectivity index (χ4v) is 10.8. The van der Waals surface area contributed by atoms with Crippen molar-refractivity contribution in [2.24, 2.45) is 79.0 Å². The van der Waals surface area contributed by atoms with Gasteiger partial charge >= 0.3 is 0 Å². The molecule has 0 aliphatic heterocycles. The van der Waals surface area contributed by atoms with Crippen molar-refractivity contribution in [3.63, 3.8) is 0 Å². The van der Waals surface area contributed by atoms with E-state index in [0.29, 0.717) is 47.6 Å². The van der Waals surface area contributed by atoms with E-state index >= 15 is 0 Å². The molecule has 0 atom stereocenters. The minimum Gasteiger partial charge on any atom is -0.211 e. The number of aliphatic imine (C=N–C) groups is 10. The molecule has 0 amide bonds. The molecule has 448 valence electrons. The zero-order valence-corrected chi connectivity index (χ0v) is 50.1. The summed E-state index contributed by atoms with van der Waals surface area (Å²) >= 11 is 0. The van der Waals surface area contributed by atoms with Crippen molar-refractivity contribution >= 4 is 72.2 Å². The average molecular weight is 1140 g/mol. The molecule has 5 aliphatic carbocycles. The molecule has 0 N–H and O–H groups in total. The molecule has 0 unspecified atom stereocenters. The molecule has 0 bridgehead atoms. The van der Waals surface area contributed by atoms with E-state index < -0.39 is 0 Å². The molecule has 83 heavy (non-hydrogen) atoms. The standard InChI is InChI=1S/C17H26N2O2.C16H12N2O2.C8H10N2O2.C8H13NO.C7H14.C3H5NO.2C2H3NO/c1-17(2,13-3-7-15(8-4-13)18-11-20)14-5-9-16(10-6-14)19-12-21;1-11-7-13(3-5-15(11)17-9-19)14-4-6-16(18-10-20)12(2)8-14;11-5-9-7-1-2-8(4-3-7)10-6-12;10-7-9-6-8-4-2-1-3-5-8;1-7-5-3-2-4-6-7;1-2-4-3-5;2*1-3-2-4/h13-16H,3-10H2,1-2H3;3-8H,1-2H3;7-8H,1-4H2;8H,1-6H2;7H,2-6H2,1H3;2H2,1H3;2*1H3. The zero-order chi connectivity index (χ0) is 61.9. The number of hydrogen-bond acceptors (Lipinski definition) is 20. The SMILES string of the molecule is CC(C)(C1CCC(N=C=O)CC1)C1CCC(N=C=O)CC1.CC1CCCCC1.CCN=C=O.CN=C=O.CN=C=O.Cc1cc(-c2ccc(N=C=O)c(C)c2)ccc1N=C=O.O=C=NC1CCC(N=C=O)CC1.O=C=NCC1CCCCC1. The van der Waals surface area contributed by atoms with Crippen LogP contribution in [0.5, 0.6) is 0 Å². The largest absolute Gasteiger partial charge is 0.240 e. The van der Waals surface area contributed by atoms with Gasteiger partial charge < -0.3 is 0 Å². The molecule has 0 radical (unpaired) electrons. The van der Waals surface area contributed by atoms with E-state index in [-0.39, 0.29) is 24.2 Å². The quantitative estimate of drug-likeness (QED) is 0.143. The lowest BCUT2D eigenvalue weighted by Crippen LogP contribution is -2.38. The zero-order valence-electron chi connectivity index (χ0n) is 50.1. The summed E-state index contributed by atoms with van der Waals surface area (Å²) in [6.07, 6.45) is 41.2. The van der Waals surface area contributed by atoms with Crippen LogP contribution in [-0.2, 0) is 47.9 Å². The molecule has 2 aromatic rings. The number of aryl methyl sites for hydroxylation is 2. The van der Waals surface area contributed by atoms with Crippen LogP contribution >= 0.6 is 0 Å². The Bertz CT molecular complexity index is 2520. The molecule has 5 aliphatic rings. The fourth-order valence-electron chi connectivity index (χ4n) is 10.8. The Kier molecular flexibility index (Phi) is 44.3.